The number of imidazole rings is 1. The van der Waals surface area contributed by atoms with Gasteiger partial charge in [-0.05, 0) is 95.1 Å². The lowest BCUT2D eigenvalue weighted by atomic mass is 9.86. The van der Waals surface area contributed by atoms with E-state index >= 15 is 0 Å². The van der Waals surface area contributed by atoms with Gasteiger partial charge in [-0.15, -0.1) is 0 Å². The van der Waals surface area contributed by atoms with Gasteiger partial charge in [-0.1, -0.05) is 6.07 Å². The van der Waals surface area contributed by atoms with E-state index in [1.165, 1.54) is 0 Å². The first kappa shape index (κ1) is 25.7. The van der Waals surface area contributed by atoms with Crippen molar-refractivity contribution in [3.8, 4) is 34.1 Å². The number of ether oxygens (including phenoxy) is 1. The van der Waals surface area contributed by atoms with Crippen molar-refractivity contribution >= 4 is 16.9 Å². The molecule has 0 unspecified atom stereocenters. The van der Waals surface area contributed by atoms with Gasteiger partial charge in [-0.3, -0.25) is 4.79 Å². The lowest BCUT2D eigenvalue weighted by molar-refractivity contribution is 0.0612. The van der Waals surface area contributed by atoms with Crippen molar-refractivity contribution in [2.45, 2.75) is 18.4 Å². The van der Waals surface area contributed by atoms with E-state index in [1.54, 1.807) is 31.5 Å². The molecule has 4 aromatic rings. The minimum atomic E-state index is -0.120. The number of aromatic nitrogens is 3. The maximum absolute atomic E-state index is 13.1. The van der Waals surface area contributed by atoms with Crippen molar-refractivity contribution in [2.24, 2.45) is 0 Å². The third kappa shape index (κ3) is 4.94. The second-order valence-corrected chi connectivity index (χ2v) is 10.2. The van der Waals surface area contributed by atoms with E-state index in [4.69, 9.17) is 9.72 Å². The number of likely N-dealkylation sites (tertiary alicyclic amines) is 1. The number of phenols is 1. The molecule has 3 heterocycles. The molecule has 0 saturated carbocycles. The van der Waals surface area contributed by atoms with Crippen LogP contribution in [0.2, 0.25) is 0 Å². The number of benzene rings is 2. The first-order valence-electron chi connectivity index (χ1n) is 12.8. The number of H-pyrrole nitrogens is 1. The smallest absolute Gasteiger partial charge is 0.251 e. The Morgan fingerprint density at radius 3 is 2.68 bits per heavy atom. The molecule has 2 aromatic heterocycles. The van der Waals surface area contributed by atoms with Gasteiger partial charge < -0.3 is 29.9 Å². The molecule has 198 valence electrons. The van der Waals surface area contributed by atoms with E-state index in [1.807, 2.05) is 30.3 Å². The number of nitrogens with zero attached hydrogens (tertiary/aromatic N) is 4. The highest BCUT2D eigenvalue weighted by Crippen LogP contribution is 2.36. The topological polar surface area (TPSA) is 107 Å². The molecule has 38 heavy (non-hydrogen) atoms. The Morgan fingerprint density at radius 2 is 1.95 bits per heavy atom. The average molecular weight is 515 g/mol. The monoisotopic (exact) mass is 514 g/mol. The molecule has 2 aromatic carbocycles. The SMILES string of the molecule is COc1ncccc1-c1ccc(O)c(-c2nc3cc(C(=O)NCC4(N(C)C)CCN(C)CC4)ccc3[nH]2)c1. The molecule has 1 aliphatic heterocycles. The molecule has 0 atom stereocenters. The summed E-state index contributed by atoms with van der Waals surface area (Å²) in [6.07, 6.45) is 3.68. The third-order valence-corrected chi connectivity index (χ3v) is 7.72. The minimum Gasteiger partial charge on any atom is -0.507 e. The van der Waals surface area contributed by atoms with Gasteiger partial charge in [0.2, 0.25) is 5.88 Å². The number of methoxy groups -OCH3 is 1. The molecule has 0 bridgehead atoms. The predicted octanol–water partition coefficient (Wildman–Crippen LogP) is 3.76. The van der Waals surface area contributed by atoms with Crippen LogP contribution in [-0.2, 0) is 0 Å². The number of hydrogen-bond acceptors (Lipinski definition) is 7. The van der Waals surface area contributed by atoms with E-state index < -0.39 is 0 Å². The minimum absolute atomic E-state index is 0.0503. The number of aromatic hydroxyl groups is 1. The maximum atomic E-state index is 13.1. The van der Waals surface area contributed by atoms with Gasteiger partial charge >= 0.3 is 0 Å². The summed E-state index contributed by atoms with van der Waals surface area (Å²) < 4.78 is 5.40. The van der Waals surface area contributed by atoms with E-state index in [0.717, 1.165) is 42.6 Å². The van der Waals surface area contributed by atoms with Crippen molar-refractivity contribution < 1.29 is 14.6 Å². The van der Waals surface area contributed by atoms with Gasteiger partial charge in [0.25, 0.3) is 5.91 Å². The number of piperidine rings is 1. The van der Waals surface area contributed by atoms with E-state index in [0.29, 0.717) is 34.9 Å². The zero-order chi connectivity index (χ0) is 26.9. The van der Waals surface area contributed by atoms with Crippen LogP contribution in [0, 0.1) is 0 Å². The second kappa shape index (κ2) is 10.4. The molecular weight excluding hydrogens is 480 g/mol. The number of rotatable bonds is 7. The van der Waals surface area contributed by atoms with E-state index in [2.05, 4.69) is 46.2 Å². The molecule has 0 aliphatic carbocycles. The van der Waals surface area contributed by atoms with Crippen LogP contribution in [0.15, 0.2) is 54.7 Å². The van der Waals surface area contributed by atoms with E-state index in [-0.39, 0.29) is 17.2 Å². The number of phenolic OH excluding ortho intramolecular Hbond substituents is 1. The Balaban J connectivity index is 1.39. The van der Waals surface area contributed by atoms with Gasteiger partial charge in [0, 0.05) is 29.4 Å². The average Bonchev–Trinajstić information content (AvgIpc) is 3.36. The largest absolute Gasteiger partial charge is 0.507 e. The standard InChI is InChI=1S/C29H34N6O3/c1-34(2)29(11-14-35(3)15-12-29)18-31-27(37)20-7-9-23-24(17-20)33-26(32-23)22-16-19(8-10-25(22)36)21-6-5-13-30-28(21)38-4/h5-10,13,16-17,36H,11-12,14-15,18H2,1-4H3,(H,31,37)(H,32,33). The van der Waals surface area contributed by atoms with Crippen LogP contribution >= 0.6 is 0 Å². The fourth-order valence-corrected chi connectivity index (χ4v) is 5.10. The fraction of sp³-hybridized carbons (Fsp3) is 0.345. The number of amides is 1. The summed E-state index contributed by atoms with van der Waals surface area (Å²) in [5.41, 5.74) is 4.13. The zero-order valence-electron chi connectivity index (χ0n) is 22.3. The number of carbonyl (C=O) groups is 1. The van der Waals surface area contributed by atoms with Gasteiger partial charge in [0.15, 0.2) is 0 Å². The highest BCUT2D eigenvalue weighted by atomic mass is 16.5. The number of fused-ring (bicyclic) bond motifs is 1. The van der Waals surface area contributed by atoms with Crippen LogP contribution in [-0.4, -0.2) is 89.2 Å². The first-order valence-corrected chi connectivity index (χ1v) is 12.8. The highest BCUT2D eigenvalue weighted by Gasteiger charge is 2.36. The van der Waals surface area contributed by atoms with Crippen LogP contribution in [0.4, 0.5) is 0 Å². The Hall–Kier alpha value is -3.95. The number of nitrogens with one attached hydrogen (secondary N) is 2. The summed E-state index contributed by atoms with van der Waals surface area (Å²) in [5, 5.41) is 13.8. The normalized spacial score (nSPS) is 15.6. The second-order valence-electron chi connectivity index (χ2n) is 10.2. The summed E-state index contributed by atoms with van der Waals surface area (Å²) >= 11 is 0. The molecule has 0 radical (unpaired) electrons. The van der Waals surface area contributed by atoms with Gasteiger partial charge in [-0.2, -0.15) is 0 Å². The number of hydrogen-bond donors (Lipinski definition) is 3. The molecule has 1 aliphatic rings. The lowest BCUT2D eigenvalue weighted by Gasteiger charge is -2.45. The molecule has 0 spiro atoms. The molecule has 1 saturated heterocycles. The van der Waals surface area contributed by atoms with Crippen molar-refractivity contribution in [1.82, 2.24) is 30.1 Å². The molecule has 9 heteroatoms. The van der Waals surface area contributed by atoms with Crippen LogP contribution in [0.5, 0.6) is 11.6 Å². The lowest BCUT2D eigenvalue weighted by Crippen LogP contribution is -2.57. The Morgan fingerprint density at radius 1 is 1.16 bits per heavy atom. The van der Waals surface area contributed by atoms with Crippen LogP contribution < -0.4 is 10.1 Å². The molecular formula is C29H34N6O3. The Kier molecular flexibility index (Phi) is 7.05. The van der Waals surface area contributed by atoms with Crippen molar-refractivity contribution in [3.05, 3.63) is 60.3 Å². The van der Waals surface area contributed by atoms with Crippen LogP contribution in [0.25, 0.3) is 33.5 Å². The van der Waals surface area contributed by atoms with Crippen molar-refractivity contribution in [3.63, 3.8) is 0 Å². The molecule has 1 fully saturated rings. The molecule has 5 rings (SSSR count). The first-order chi connectivity index (χ1) is 18.3. The summed E-state index contributed by atoms with van der Waals surface area (Å²) in [6, 6.07) is 14.5. The Labute approximate surface area is 222 Å². The zero-order valence-corrected chi connectivity index (χ0v) is 22.3. The van der Waals surface area contributed by atoms with Gasteiger partial charge in [0.1, 0.15) is 11.6 Å². The molecule has 3 N–H and O–H groups in total. The summed E-state index contributed by atoms with van der Waals surface area (Å²) in [5.74, 6) is 0.990. The number of pyridine rings is 1. The fourth-order valence-electron chi connectivity index (χ4n) is 5.10. The van der Waals surface area contributed by atoms with Gasteiger partial charge in [-0.25, -0.2) is 9.97 Å². The molecule has 1 amide bonds. The van der Waals surface area contributed by atoms with Gasteiger partial charge in [0.05, 0.1) is 23.7 Å². The quantitative estimate of drug-likeness (QED) is 0.345. The highest BCUT2D eigenvalue weighted by molar-refractivity contribution is 5.98. The number of aromatic amines is 1. The summed E-state index contributed by atoms with van der Waals surface area (Å²) in [6.45, 7) is 2.62. The van der Waals surface area contributed by atoms with Crippen molar-refractivity contribution in [2.75, 3.05) is 47.9 Å². The summed E-state index contributed by atoms with van der Waals surface area (Å²) in [7, 11) is 7.89. The molecule has 9 nitrogen and oxygen atoms in total. The maximum Gasteiger partial charge on any atom is 0.251 e. The summed E-state index contributed by atoms with van der Waals surface area (Å²) in [4.78, 5) is 29.9. The van der Waals surface area contributed by atoms with Crippen LogP contribution in [0.3, 0.4) is 0 Å². The van der Waals surface area contributed by atoms with E-state index in [9.17, 15) is 9.90 Å². The van der Waals surface area contributed by atoms with Crippen molar-refractivity contribution in [1.29, 1.82) is 0 Å². The third-order valence-electron chi connectivity index (χ3n) is 7.72. The number of carbonyl (C=O) groups excluding carboxylic acids is 1. The number of likely N-dealkylation sites (N-methyl/N-ethyl adjacent to an activating group) is 1. The predicted molar refractivity (Wildman–Crippen MR) is 148 cm³/mol. The Bertz CT molecular complexity index is 1460. The van der Waals surface area contributed by atoms with Crippen LogP contribution in [0.1, 0.15) is 23.2 Å².